The Morgan fingerprint density at radius 1 is 1.00 bits per heavy atom. The summed E-state index contributed by atoms with van der Waals surface area (Å²) in [4.78, 5) is 34.7. The molecule has 0 unspecified atom stereocenters. The van der Waals surface area contributed by atoms with Gasteiger partial charge < -0.3 is 25.0 Å². The highest BCUT2D eigenvalue weighted by molar-refractivity contribution is 5.86. The third-order valence-electron chi connectivity index (χ3n) is 9.30. The van der Waals surface area contributed by atoms with Crippen LogP contribution in [-0.2, 0) is 26.4 Å². The number of nitrogens with one attached hydrogen (secondary N) is 2. The van der Waals surface area contributed by atoms with Gasteiger partial charge in [0.2, 0.25) is 11.8 Å². The Morgan fingerprint density at radius 2 is 1.74 bits per heavy atom. The Hall–Kier alpha value is -3.49. The fraction of sp³-hybridized carbons (Fsp3) is 0.514. The van der Waals surface area contributed by atoms with E-state index in [1.54, 1.807) is 7.11 Å². The number of pyridine rings is 1. The van der Waals surface area contributed by atoms with E-state index in [2.05, 4.69) is 22.8 Å². The first kappa shape index (κ1) is 29.6. The standard InChI is InChI=1S/C35H44N4O4/c1-42-18-9-19-43-32-21-28(37-31-13-6-5-12-30(31)32)24-39(29-14-15-29)34(41)26-20-25(22-36-23-26)33(40)38-35(16-7-8-17-35)27-10-3-2-4-11-27/h2-6,10-13,21,25-26,29,36H,7-9,14-20,22-24H2,1H3,(H,38,40)/t25-,26+/m0/s1. The van der Waals surface area contributed by atoms with Crippen molar-refractivity contribution in [1.82, 2.24) is 20.5 Å². The molecule has 1 aromatic heterocycles. The van der Waals surface area contributed by atoms with Crippen LogP contribution < -0.4 is 15.4 Å². The molecular formula is C35H44N4O4. The molecule has 3 aromatic rings. The predicted molar refractivity (Wildman–Crippen MR) is 167 cm³/mol. The Balaban J connectivity index is 1.15. The molecule has 228 valence electrons. The van der Waals surface area contributed by atoms with Crippen LogP contribution in [0.25, 0.3) is 10.9 Å². The quantitative estimate of drug-likeness (QED) is 0.293. The molecule has 2 N–H and O–H groups in total. The maximum absolute atomic E-state index is 14.1. The summed E-state index contributed by atoms with van der Waals surface area (Å²) in [6.07, 6.45) is 7.49. The van der Waals surface area contributed by atoms with Gasteiger partial charge in [-0.05, 0) is 49.8 Å². The van der Waals surface area contributed by atoms with Gasteiger partial charge in [-0.25, -0.2) is 0 Å². The van der Waals surface area contributed by atoms with Gasteiger partial charge in [0.05, 0.1) is 41.7 Å². The monoisotopic (exact) mass is 584 g/mol. The zero-order chi connectivity index (χ0) is 29.6. The van der Waals surface area contributed by atoms with Crippen LogP contribution in [0.4, 0.5) is 0 Å². The maximum Gasteiger partial charge on any atom is 0.227 e. The van der Waals surface area contributed by atoms with E-state index >= 15 is 0 Å². The van der Waals surface area contributed by atoms with E-state index < -0.39 is 0 Å². The fourth-order valence-corrected chi connectivity index (χ4v) is 6.85. The molecule has 1 saturated heterocycles. The Bertz CT molecular complexity index is 1400. The number of fused-ring (bicyclic) bond motifs is 1. The molecule has 3 aliphatic rings. The van der Waals surface area contributed by atoms with Crippen molar-refractivity contribution in [3.63, 3.8) is 0 Å². The minimum atomic E-state index is -0.305. The summed E-state index contributed by atoms with van der Waals surface area (Å²) in [6.45, 7) is 2.82. The first-order chi connectivity index (χ1) is 21.1. The van der Waals surface area contributed by atoms with Crippen LogP contribution in [0, 0.1) is 11.8 Å². The minimum absolute atomic E-state index is 0.0557. The number of rotatable bonds is 12. The highest BCUT2D eigenvalue weighted by atomic mass is 16.5. The summed E-state index contributed by atoms with van der Waals surface area (Å²) in [5, 5.41) is 7.84. The largest absolute Gasteiger partial charge is 0.493 e. The molecule has 2 heterocycles. The van der Waals surface area contributed by atoms with E-state index in [0.29, 0.717) is 39.3 Å². The number of para-hydroxylation sites is 1. The maximum atomic E-state index is 14.1. The molecule has 1 aliphatic heterocycles. The zero-order valence-electron chi connectivity index (χ0n) is 25.2. The normalized spacial score (nSPS) is 21.4. The molecule has 2 saturated carbocycles. The van der Waals surface area contributed by atoms with Crippen molar-refractivity contribution < 1.29 is 19.1 Å². The van der Waals surface area contributed by atoms with Crippen LogP contribution in [0.15, 0.2) is 60.7 Å². The minimum Gasteiger partial charge on any atom is -0.493 e. The van der Waals surface area contributed by atoms with Crippen molar-refractivity contribution in [3.05, 3.63) is 71.9 Å². The molecule has 3 fully saturated rings. The van der Waals surface area contributed by atoms with E-state index in [9.17, 15) is 9.59 Å². The van der Waals surface area contributed by atoms with Crippen LogP contribution in [0.2, 0.25) is 0 Å². The van der Waals surface area contributed by atoms with Crippen LogP contribution in [0.1, 0.15) is 62.6 Å². The number of amides is 2. The van der Waals surface area contributed by atoms with Gasteiger partial charge in [0.25, 0.3) is 0 Å². The van der Waals surface area contributed by atoms with Crippen LogP contribution >= 0.6 is 0 Å². The van der Waals surface area contributed by atoms with Crippen molar-refractivity contribution >= 4 is 22.7 Å². The average Bonchev–Trinajstić information content (AvgIpc) is 3.79. The lowest BCUT2D eigenvalue weighted by molar-refractivity contribution is -0.139. The summed E-state index contributed by atoms with van der Waals surface area (Å²) < 4.78 is 11.3. The topological polar surface area (TPSA) is 92.8 Å². The smallest absolute Gasteiger partial charge is 0.227 e. The number of ether oxygens (including phenoxy) is 2. The van der Waals surface area contributed by atoms with Crippen LogP contribution in [-0.4, -0.2) is 61.2 Å². The van der Waals surface area contributed by atoms with E-state index in [-0.39, 0.29) is 35.2 Å². The molecule has 0 radical (unpaired) electrons. The number of methoxy groups -OCH3 is 1. The molecule has 0 spiro atoms. The predicted octanol–water partition coefficient (Wildman–Crippen LogP) is 4.95. The summed E-state index contributed by atoms with van der Waals surface area (Å²) in [6, 6.07) is 20.6. The van der Waals surface area contributed by atoms with Crippen molar-refractivity contribution in [2.24, 2.45) is 11.8 Å². The number of hydrogen-bond donors (Lipinski definition) is 2. The van der Waals surface area contributed by atoms with Crippen LogP contribution in [0.3, 0.4) is 0 Å². The summed E-state index contributed by atoms with van der Waals surface area (Å²) in [5.41, 5.74) is 2.56. The second-order valence-electron chi connectivity index (χ2n) is 12.5. The molecule has 43 heavy (non-hydrogen) atoms. The van der Waals surface area contributed by atoms with Crippen LogP contribution in [0.5, 0.6) is 5.75 Å². The lowest BCUT2D eigenvalue weighted by atomic mass is 9.85. The molecular weight excluding hydrogens is 540 g/mol. The Morgan fingerprint density at radius 3 is 2.51 bits per heavy atom. The van der Waals surface area contributed by atoms with Gasteiger partial charge in [0, 0.05) is 50.7 Å². The third kappa shape index (κ3) is 6.86. The van der Waals surface area contributed by atoms with Gasteiger partial charge in [-0.15, -0.1) is 0 Å². The van der Waals surface area contributed by atoms with Gasteiger partial charge >= 0.3 is 0 Å². The zero-order valence-corrected chi connectivity index (χ0v) is 25.2. The molecule has 2 aromatic carbocycles. The number of benzene rings is 2. The number of carbonyl (C=O) groups is 2. The highest BCUT2D eigenvalue weighted by Gasteiger charge is 2.42. The average molecular weight is 585 g/mol. The van der Waals surface area contributed by atoms with Gasteiger partial charge in [-0.3, -0.25) is 14.6 Å². The molecule has 8 nitrogen and oxygen atoms in total. The van der Waals surface area contributed by atoms with Gasteiger partial charge in [0.1, 0.15) is 5.75 Å². The molecule has 0 bridgehead atoms. The first-order valence-corrected chi connectivity index (χ1v) is 16.0. The van der Waals surface area contributed by atoms with E-state index in [1.165, 1.54) is 5.56 Å². The van der Waals surface area contributed by atoms with Gasteiger partial charge in [-0.1, -0.05) is 55.3 Å². The van der Waals surface area contributed by atoms with Crippen molar-refractivity contribution in [3.8, 4) is 5.75 Å². The van der Waals surface area contributed by atoms with E-state index in [1.807, 2.05) is 53.4 Å². The number of piperidine rings is 1. The third-order valence-corrected chi connectivity index (χ3v) is 9.30. The highest BCUT2D eigenvalue weighted by Crippen LogP contribution is 2.39. The molecule has 2 amide bonds. The van der Waals surface area contributed by atoms with E-state index in [0.717, 1.165) is 67.3 Å². The molecule has 6 rings (SSSR count). The van der Waals surface area contributed by atoms with Crippen molar-refractivity contribution in [2.75, 3.05) is 33.4 Å². The number of hydrogen-bond acceptors (Lipinski definition) is 6. The summed E-state index contributed by atoms with van der Waals surface area (Å²) >= 11 is 0. The number of nitrogens with zero attached hydrogens (tertiary/aromatic N) is 2. The van der Waals surface area contributed by atoms with Gasteiger partial charge in [0.15, 0.2) is 0 Å². The number of carbonyl (C=O) groups excluding carboxylic acids is 2. The first-order valence-electron chi connectivity index (χ1n) is 16.0. The van der Waals surface area contributed by atoms with Gasteiger partial charge in [-0.2, -0.15) is 0 Å². The summed E-state index contributed by atoms with van der Waals surface area (Å²) in [7, 11) is 1.69. The Labute approximate surface area is 254 Å². The molecule has 2 aliphatic carbocycles. The number of aromatic nitrogens is 1. The van der Waals surface area contributed by atoms with Crippen molar-refractivity contribution in [2.45, 2.75) is 69.5 Å². The lowest BCUT2D eigenvalue weighted by Crippen LogP contribution is -2.53. The Kier molecular flexibility index (Phi) is 9.24. The lowest BCUT2D eigenvalue weighted by Gasteiger charge is -2.36. The van der Waals surface area contributed by atoms with E-state index in [4.69, 9.17) is 14.5 Å². The van der Waals surface area contributed by atoms with Crippen molar-refractivity contribution in [1.29, 1.82) is 0 Å². The summed E-state index contributed by atoms with van der Waals surface area (Å²) in [5.74, 6) is 0.474. The molecule has 8 heteroatoms. The second kappa shape index (κ2) is 13.4. The second-order valence-corrected chi connectivity index (χ2v) is 12.5. The SMILES string of the molecule is COCCCOc1cc(CN(C(=O)[C@H]2CNC[C@@H](C(=O)NC3(c4ccccc4)CCCC3)C2)C2CC2)nc2ccccc12. The molecule has 2 atom stereocenters. The fourth-order valence-electron chi connectivity index (χ4n) is 6.85.